The normalized spacial score (nSPS) is 10.5. The van der Waals surface area contributed by atoms with Crippen LogP contribution in [0.1, 0.15) is 13.8 Å². The highest BCUT2D eigenvalue weighted by molar-refractivity contribution is 5.70. The van der Waals surface area contributed by atoms with Crippen molar-refractivity contribution in [3.63, 3.8) is 0 Å². The Morgan fingerprint density at radius 1 is 1.30 bits per heavy atom. The third-order valence-corrected chi connectivity index (χ3v) is 2.95. The molecule has 20 heavy (non-hydrogen) atoms. The minimum absolute atomic E-state index is 0.000971. The van der Waals surface area contributed by atoms with Gasteiger partial charge in [-0.3, -0.25) is 10.1 Å². The number of hydrogen-bond acceptors (Lipinski definition) is 6. The van der Waals surface area contributed by atoms with Crippen LogP contribution in [-0.2, 0) is 0 Å². The van der Waals surface area contributed by atoms with E-state index in [0.29, 0.717) is 23.7 Å². The highest BCUT2D eigenvalue weighted by Gasteiger charge is 2.25. The summed E-state index contributed by atoms with van der Waals surface area (Å²) < 4.78 is 10.3. The minimum atomic E-state index is -0.468. The van der Waals surface area contributed by atoms with E-state index in [9.17, 15) is 10.1 Å². The second-order valence-corrected chi connectivity index (χ2v) is 4.46. The van der Waals surface area contributed by atoms with Crippen LogP contribution in [-0.4, -0.2) is 43.4 Å². The first kappa shape index (κ1) is 16.0. The molecule has 0 amide bonds. The fraction of sp³-hybridized carbons (Fsp3) is 0.538. The van der Waals surface area contributed by atoms with Gasteiger partial charge >= 0.3 is 0 Å². The molecule has 1 aromatic rings. The van der Waals surface area contributed by atoms with E-state index in [-0.39, 0.29) is 18.3 Å². The zero-order valence-corrected chi connectivity index (χ0v) is 12.1. The molecule has 0 saturated carbocycles. The van der Waals surface area contributed by atoms with Crippen LogP contribution < -0.4 is 14.4 Å². The summed E-state index contributed by atoms with van der Waals surface area (Å²) in [5.74, 6) is 0.715. The van der Waals surface area contributed by atoms with Crippen LogP contribution in [0.15, 0.2) is 12.1 Å². The molecule has 1 aromatic carbocycles. The Bertz CT molecular complexity index is 476. The predicted octanol–water partition coefficient (Wildman–Crippen LogP) is 1.82. The number of ether oxygens (including phenoxy) is 2. The molecule has 112 valence electrons. The molecule has 0 aliphatic rings. The first-order valence-electron chi connectivity index (χ1n) is 6.24. The minimum Gasteiger partial charge on any atom is -0.493 e. The van der Waals surface area contributed by atoms with Crippen LogP contribution in [0.25, 0.3) is 0 Å². The summed E-state index contributed by atoms with van der Waals surface area (Å²) in [6, 6.07) is 2.90. The topological polar surface area (TPSA) is 85.1 Å². The molecular formula is C13H20N2O5. The number of anilines is 1. The Morgan fingerprint density at radius 2 is 1.85 bits per heavy atom. The summed E-state index contributed by atoms with van der Waals surface area (Å²) in [6.07, 6.45) is 0. The number of hydrogen-bond donors (Lipinski definition) is 1. The largest absolute Gasteiger partial charge is 0.493 e. The Balaban J connectivity index is 3.44. The van der Waals surface area contributed by atoms with Gasteiger partial charge in [0, 0.05) is 18.7 Å². The molecular weight excluding hydrogens is 264 g/mol. The predicted molar refractivity (Wildman–Crippen MR) is 75.8 cm³/mol. The second kappa shape index (κ2) is 6.95. The number of nitro benzene ring substituents is 1. The van der Waals surface area contributed by atoms with E-state index in [0.717, 1.165) is 0 Å². The quantitative estimate of drug-likeness (QED) is 0.607. The van der Waals surface area contributed by atoms with Crippen molar-refractivity contribution in [2.75, 3.05) is 32.3 Å². The van der Waals surface area contributed by atoms with Gasteiger partial charge in [0.05, 0.1) is 31.8 Å². The Labute approximate surface area is 117 Å². The molecule has 0 heterocycles. The van der Waals surface area contributed by atoms with E-state index < -0.39 is 4.92 Å². The molecule has 0 aromatic heterocycles. The highest BCUT2D eigenvalue weighted by atomic mass is 16.6. The van der Waals surface area contributed by atoms with Gasteiger partial charge in [0.25, 0.3) is 5.69 Å². The summed E-state index contributed by atoms with van der Waals surface area (Å²) in [7, 11) is 2.90. The molecule has 0 spiro atoms. The van der Waals surface area contributed by atoms with Gasteiger partial charge in [0.2, 0.25) is 0 Å². The molecule has 1 N–H and O–H groups in total. The Kier molecular flexibility index (Phi) is 5.57. The summed E-state index contributed by atoms with van der Waals surface area (Å²) in [5, 5.41) is 20.4. The van der Waals surface area contributed by atoms with Crippen LogP contribution in [0.2, 0.25) is 0 Å². The SMILES string of the molecule is COc1cc(N(CCO)C(C)C)c([N+](=O)[O-])cc1OC. The van der Waals surface area contributed by atoms with Gasteiger partial charge in [0.15, 0.2) is 11.5 Å². The van der Waals surface area contributed by atoms with Crippen molar-refractivity contribution in [1.29, 1.82) is 0 Å². The van der Waals surface area contributed by atoms with Crippen LogP contribution in [0.5, 0.6) is 11.5 Å². The van der Waals surface area contributed by atoms with Gasteiger partial charge < -0.3 is 19.5 Å². The van der Waals surface area contributed by atoms with Gasteiger partial charge in [-0.25, -0.2) is 0 Å². The van der Waals surface area contributed by atoms with Crippen LogP contribution in [0.4, 0.5) is 11.4 Å². The number of nitro groups is 1. The molecule has 0 aliphatic heterocycles. The zero-order valence-electron chi connectivity index (χ0n) is 12.1. The second-order valence-electron chi connectivity index (χ2n) is 4.46. The molecule has 1 rings (SSSR count). The fourth-order valence-electron chi connectivity index (χ4n) is 2.00. The molecule has 0 unspecified atom stereocenters. The first-order chi connectivity index (χ1) is 9.46. The maximum absolute atomic E-state index is 11.2. The van der Waals surface area contributed by atoms with Gasteiger partial charge in [0.1, 0.15) is 5.69 Å². The Morgan fingerprint density at radius 3 is 2.25 bits per heavy atom. The lowest BCUT2D eigenvalue weighted by molar-refractivity contribution is -0.384. The molecule has 0 fully saturated rings. The summed E-state index contributed by atoms with van der Waals surface area (Å²) >= 11 is 0. The summed E-state index contributed by atoms with van der Waals surface area (Å²) in [5.41, 5.74) is 0.321. The van der Waals surface area contributed by atoms with Crippen LogP contribution in [0.3, 0.4) is 0 Å². The molecule has 7 nitrogen and oxygen atoms in total. The lowest BCUT2D eigenvalue weighted by Crippen LogP contribution is -2.33. The molecule has 7 heteroatoms. The van der Waals surface area contributed by atoms with E-state index in [4.69, 9.17) is 14.6 Å². The number of nitrogens with zero attached hydrogens (tertiary/aromatic N) is 2. The third-order valence-electron chi connectivity index (χ3n) is 2.95. The van der Waals surface area contributed by atoms with Gasteiger partial charge in [-0.15, -0.1) is 0 Å². The number of methoxy groups -OCH3 is 2. The Hall–Kier alpha value is -2.02. The number of aliphatic hydroxyl groups excluding tert-OH is 1. The van der Waals surface area contributed by atoms with Crippen molar-refractivity contribution in [2.24, 2.45) is 0 Å². The standard InChI is InChI=1S/C13H20N2O5/c1-9(2)14(5-6-16)10-7-12(19-3)13(20-4)8-11(10)15(17)18/h7-9,16H,5-6H2,1-4H3. The molecule has 0 atom stereocenters. The van der Waals surface area contributed by atoms with Gasteiger partial charge in [-0.05, 0) is 13.8 Å². The smallest absolute Gasteiger partial charge is 0.296 e. The maximum Gasteiger partial charge on any atom is 0.296 e. The lowest BCUT2D eigenvalue weighted by atomic mass is 10.2. The monoisotopic (exact) mass is 284 g/mol. The van der Waals surface area contributed by atoms with E-state index in [1.807, 2.05) is 13.8 Å². The maximum atomic E-state index is 11.2. The number of benzene rings is 1. The molecule has 0 saturated heterocycles. The number of aliphatic hydroxyl groups is 1. The van der Waals surface area contributed by atoms with Crippen LogP contribution in [0, 0.1) is 10.1 Å². The first-order valence-corrected chi connectivity index (χ1v) is 6.24. The molecule has 0 bridgehead atoms. The van der Waals surface area contributed by atoms with Crippen molar-refractivity contribution in [3.8, 4) is 11.5 Å². The van der Waals surface area contributed by atoms with E-state index in [2.05, 4.69) is 0 Å². The van der Waals surface area contributed by atoms with Crippen molar-refractivity contribution >= 4 is 11.4 Å². The van der Waals surface area contributed by atoms with Crippen molar-refractivity contribution in [3.05, 3.63) is 22.2 Å². The van der Waals surface area contributed by atoms with Crippen molar-refractivity contribution in [1.82, 2.24) is 0 Å². The average molecular weight is 284 g/mol. The highest BCUT2D eigenvalue weighted by Crippen LogP contribution is 2.40. The molecule has 0 radical (unpaired) electrons. The van der Waals surface area contributed by atoms with E-state index in [1.165, 1.54) is 20.3 Å². The van der Waals surface area contributed by atoms with Gasteiger partial charge in [-0.2, -0.15) is 0 Å². The number of rotatable bonds is 7. The van der Waals surface area contributed by atoms with Crippen LogP contribution >= 0.6 is 0 Å². The lowest BCUT2D eigenvalue weighted by Gasteiger charge is -2.28. The van der Waals surface area contributed by atoms with Crippen molar-refractivity contribution < 1.29 is 19.5 Å². The summed E-state index contributed by atoms with van der Waals surface area (Å²) in [4.78, 5) is 12.5. The third kappa shape index (κ3) is 3.30. The zero-order chi connectivity index (χ0) is 15.3. The van der Waals surface area contributed by atoms with E-state index in [1.54, 1.807) is 11.0 Å². The average Bonchev–Trinajstić information content (AvgIpc) is 2.42. The molecule has 0 aliphatic carbocycles. The van der Waals surface area contributed by atoms with E-state index >= 15 is 0 Å². The fourth-order valence-corrected chi connectivity index (χ4v) is 2.00. The van der Waals surface area contributed by atoms with Crippen molar-refractivity contribution in [2.45, 2.75) is 19.9 Å². The summed E-state index contributed by atoms with van der Waals surface area (Å²) in [6.45, 7) is 4.00. The van der Waals surface area contributed by atoms with Gasteiger partial charge in [-0.1, -0.05) is 0 Å².